The molecule has 0 fully saturated rings. The van der Waals surface area contributed by atoms with E-state index in [1.807, 2.05) is 26.0 Å². The predicted molar refractivity (Wildman–Crippen MR) is 65.5 cm³/mol. The van der Waals surface area contributed by atoms with E-state index in [4.69, 9.17) is 9.84 Å². The van der Waals surface area contributed by atoms with Gasteiger partial charge in [-0.15, -0.1) is 0 Å². The first-order valence-corrected chi connectivity index (χ1v) is 5.96. The molecule has 0 spiro atoms. The van der Waals surface area contributed by atoms with Gasteiger partial charge in [0.25, 0.3) is 0 Å². The molecule has 0 saturated heterocycles. The molecule has 4 heteroatoms. The number of benzene rings is 1. The third-order valence-corrected chi connectivity index (χ3v) is 2.84. The second-order valence-electron chi connectivity index (χ2n) is 3.61. The molecule has 0 aliphatic rings. The van der Waals surface area contributed by atoms with E-state index in [9.17, 15) is 4.79 Å². The fourth-order valence-electron chi connectivity index (χ4n) is 1.37. The molecule has 1 rings (SSSR count). The molecule has 0 aliphatic carbocycles. The summed E-state index contributed by atoms with van der Waals surface area (Å²) in [4.78, 5) is 11.1. The van der Waals surface area contributed by atoms with Gasteiger partial charge >= 0.3 is 5.97 Å². The van der Waals surface area contributed by atoms with Crippen molar-refractivity contribution in [2.45, 2.75) is 26.4 Å². The SMILES string of the molecule is CCCOC(C(=O)O)c1ccc(C)cc1Br. The maximum atomic E-state index is 11.1. The Hall–Kier alpha value is -0.870. The zero-order valence-corrected chi connectivity index (χ0v) is 11.0. The molecule has 0 aromatic heterocycles. The highest BCUT2D eigenvalue weighted by Gasteiger charge is 2.22. The predicted octanol–water partition coefficient (Wildman–Crippen LogP) is 3.31. The van der Waals surface area contributed by atoms with Crippen molar-refractivity contribution < 1.29 is 14.6 Å². The van der Waals surface area contributed by atoms with E-state index in [1.165, 1.54) is 0 Å². The van der Waals surface area contributed by atoms with Crippen molar-refractivity contribution in [2.75, 3.05) is 6.61 Å². The topological polar surface area (TPSA) is 46.5 Å². The van der Waals surface area contributed by atoms with Crippen LogP contribution in [0.4, 0.5) is 0 Å². The fraction of sp³-hybridized carbons (Fsp3) is 0.417. The highest BCUT2D eigenvalue weighted by molar-refractivity contribution is 9.10. The van der Waals surface area contributed by atoms with Gasteiger partial charge in [0.05, 0.1) is 0 Å². The molecule has 0 amide bonds. The minimum atomic E-state index is -0.960. The summed E-state index contributed by atoms with van der Waals surface area (Å²) < 4.78 is 6.10. The third kappa shape index (κ3) is 3.32. The summed E-state index contributed by atoms with van der Waals surface area (Å²) in [5, 5.41) is 9.10. The van der Waals surface area contributed by atoms with Crippen LogP contribution in [0.5, 0.6) is 0 Å². The van der Waals surface area contributed by atoms with Gasteiger partial charge in [-0.2, -0.15) is 0 Å². The highest BCUT2D eigenvalue weighted by atomic mass is 79.9. The van der Waals surface area contributed by atoms with Crippen LogP contribution < -0.4 is 0 Å². The summed E-state index contributed by atoms with van der Waals surface area (Å²) in [6.45, 7) is 4.34. The number of carbonyl (C=O) groups is 1. The number of hydrogen-bond donors (Lipinski definition) is 1. The molecular formula is C12H15BrO3. The number of hydrogen-bond acceptors (Lipinski definition) is 2. The van der Waals surface area contributed by atoms with Crippen molar-refractivity contribution >= 4 is 21.9 Å². The summed E-state index contributed by atoms with van der Waals surface area (Å²) in [5.41, 5.74) is 1.74. The zero-order chi connectivity index (χ0) is 12.1. The Morgan fingerprint density at radius 2 is 2.25 bits per heavy atom. The molecule has 88 valence electrons. The first-order valence-electron chi connectivity index (χ1n) is 5.16. The smallest absolute Gasteiger partial charge is 0.337 e. The Bertz CT molecular complexity index is 377. The lowest BCUT2D eigenvalue weighted by Gasteiger charge is -2.15. The van der Waals surface area contributed by atoms with Crippen molar-refractivity contribution in [1.82, 2.24) is 0 Å². The molecule has 1 aromatic carbocycles. The van der Waals surface area contributed by atoms with E-state index in [0.29, 0.717) is 12.2 Å². The third-order valence-electron chi connectivity index (χ3n) is 2.15. The normalized spacial score (nSPS) is 12.4. The zero-order valence-electron chi connectivity index (χ0n) is 9.37. The summed E-state index contributed by atoms with van der Waals surface area (Å²) in [6.07, 6.45) is -0.0947. The molecule has 0 bridgehead atoms. The number of rotatable bonds is 5. The van der Waals surface area contributed by atoms with Gasteiger partial charge in [0.15, 0.2) is 6.10 Å². The Morgan fingerprint density at radius 3 is 2.75 bits per heavy atom. The number of aryl methyl sites for hydroxylation is 1. The van der Waals surface area contributed by atoms with Crippen LogP contribution in [0.25, 0.3) is 0 Å². The van der Waals surface area contributed by atoms with Gasteiger partial charge in [-0.3, -0.25) is 0 Å². The molecule has 16 heavy (non-hydrogen) atoms. The summed E-state index contributed by atoms with van der Waals surface area (Å²) in [7, 11) is 0. The van der Waals surface area contributed by atoms with Gasteiger partial charge < -0.3 is 9.84 Å². The van der Waals surface area contributed by atoms with Gasteiger partial charge in [0, 0.05) is 16.6 Å². The van der Waals surface area contributed by atoms with E-state index in [-0.39, 0.29) is 0 Å². The lowest BCUT2D eigenvalue weighted by Crippen LogP contribution is -2.16. The Balaban J connectivity index is 2.96. The van der Waals surface area contributed by atoms with Crippen LogP contribution >= 0.6 is 15.9 Å². The standard InChI is InChI=1S/C12H15BrO3/c1-3-6-16-11(12(14)15)9-5-4-8(2)7-10(9)13/h4-5,7,11H,3,6H2,1-2H3,(H,14,15). The monoisotopic (exact) mass is 286 g/mol. The molecule has 0 heterocycles. The number of aliphatic carboxylic acids is 1. The lowest BCUT2D eigenvalue weighted by molar-refractivity contribution is -0.151. The second-order valence-corrected chi connectivity index (χ2v) is 4.47. The number of carboxylic acid groups (broad SMARTS) is 1. The lowest BCUT2D eigenvalue weighted by atomic mass is 10.1. The molecule has 3 nitrogen and oxygen atoms in total. The molecular weight excluding hydrogens is 272 g/mol. The highest BCUT2D eigenvalue weighted by Crippen LogP contribution is 2.27. The fourth-order valence-corrected chi connectivity index (χ4v) is 2.08. The first-order chi connectivity index (χ1) is 7.56. The summed E-state index contributed by atoms with van der Waals surface area (Å²) >= 11 is 3.36. The van der Waals surface area contributed by atoms with Crippen LogP contribution in [0.2, 0.25) is 0 Å². The van der Waals surface area contributed by atoms with E-state index in [2.05, 4.69) is 15.9 Å². The van der Waals surface area contributed by atoms with Crippen LogP contribution in [-0.4, -0.2) is 17.7 Å². The van der Waals surface area contributed by atoms with Crippen LogP contribution in [0.15, 0.2) is 22.7 Å². The van der Waals surface area contributed by atoms with Gasteiger partial charge in [-0.05, 0) is 25.0 Å². The molecule has 0 saturated carbocycles. The van der Waals surface area contributed by atoms with E-state index < -0.39 is 12.1 Å². The van der Waals surface area contributed by atoms with E-state index in [0.717, 1.165) is 16.5 Å². The molecule has 1 N–H and O–H groups in total. The van der Waals surface area contributed by atoms with Crippen LogP contribution in [0.3, 0.4) is 0 Å². The van der Waals surface area contributed by atoms with Gasteiger partial charge in [0.1, 0.15) is 0 Å². The van der Waals surface area contributed by atoms with Crippen molar-refractivity contribution in [3.05, 3.63) is 33.8 Å². The minimum absolute atomic E-state index is 0.442. The van der Waals surface area contributed by atoms with Crippen LogP contribution in [-0.2, 0) is 9.53 Å². The van der Waals surface area contributed by atoms with Crippen molar-refractivity contribution in [3.8, 4) is 0 Å². The molecule has 1 unspecified atom stereocenters. The summed E-state index contributed by atoms with van der Waals surface area (Å²) in [5.74, 6) is -0.960. The van der Waals surface area contributed by atoms with E-state index >= 15 is 0 Å². The van der Waals surface area contributed by atoms with E-state index in [1.54, 1.807) is 6.07 Å². The van der Waals surface area contributed by atoms with Crippen molar-refractivity contribution in [1.29, 1.82) is 0 Å². The maximum absolute atomic E-state index is 11.1. The molecule has 1 aromatic rings. The minimum Gasteiger partial charge on any atom is -0.479 e. The number of halogens is 1. The van der Waals surface area contributed by atoms with Crippen molar-refractivity contribution in [2.24, 2.45) is 0 Å². The molecule has 0 radical (unpaired) electrons. The molecule has 1 atom stereocenters. The Kier molecular flexibility index (Phi) is 4.96. The van der Waals surface area contributed by atoms with Gasteiger partial charge in [0.2, 0.25) is 0 Å². The number of carboxylic acids is 1. The maximum Gasteiger partial charge on any atom is 0.337 e. The van der Waals surface area contributed by atoms with Crippen molar-refractivity contribution in [3.63, 3.8) is 0 Å². The van der Waals surface area contributed by atoms with Gasteiger partial charge in [-0.1, -0.05) is 35.0 Å². The average molecular weight is 287 g/mol. The Labute approximate surface area is 104 Å². The van der Waals surface area contributed by atoms with Crippen LogP contribution in [0, 0.1) is 6.92 Å². The summed E-state index contributed by atoms with van der Waals surface area (Å²) in [6, 6.07) is 5.56. The average Bonchev–Trinajstić information content (AvgIpc) is 2.20. The van der Waals surface area contributed by atoms with Crippen LogP contribution in [0.1, 0.15) is 30.6 Å². The second kappa shape index (κ2) is 6.01. The Morgan fingerprint density at radius 1 is 1.56 bits per heavy atom. The van der Waals surface area contributed by atoms with Gasteiger partial charge in [-0.25, -0.2) is 4.79 Å². The largest absolute Gasteiger partial charge is 0.479 e. The first kappa shape index (κ1) is 13.2. The number of ether oxygens (including phenoxy) is 1. The molecule has 0 aliphatic heterocycles. The quantitative estimate of drug-likeness (QED) is 0.903.